The fourth-order valence-electron chi connectivity index (χ4n) is 3.46. The first kappa shape index (κ1) is 25.3. The predicted molar refractivity (Wildman–Crippen MR) is 133 cm³/mol. The van der Waals surface area contributed by atoms with Gasteiger partial charge in [0, 0.05) is 5.56 Å². The molecule has 0 saturated carbocycles. The molecule has 4 aromatic carbocycles. The molecule has 0 aliphatic rings. The summed E-state index contributed by atoms with van der Waals surface area (Å²) in [6, 6.07) is 30.7. The van der Waals surface area contributed by atoms with Gasteiger partial charge in [-0.1, -0.05) is 91.0 Å². The fourth-order valence-corrected chi connectivity index (χ4v) is 3.46. The van der Waals surface area contributed by atoms with Crippen LogP contribution in [-0.4, -0.2) is 17.9 Å². The van der Waals surface area contributed by atoms with Crippen LogP contribution in [0.4, 0.5) is 4.39 Å². The Labute approximate surface area is 213 Å². The van der Waals surface area contributed by atoms with Gasteiger partial charge in [-0.15, -0.1) is 0 Å². The second-order valence-corrected chi connectivity index (χ2v) is 8.06. The molecule has 0 aromatic heterocycles. The molecule has 0 amide bonds. The summed E-state index contributed by atoms with van der Waals surface area (Å²) in [5.74, 6) is -3.33. The lowest BCUT2D eigenvalue weighted by Gasteiger charge is -2.22. The van der Waals surface area contributed by atoms with Crippen molar-refractivity contribution in [2.75, 3.05) is 0 Å². The number of carbonyl (C=O) groups is 3. The second kappa shape index (κ2) is 11.8. The number of rotatable bonds is 9. The van der Waals surface area contributed by atoms with E-state index in [2.05, 4.69) is 0 Å². The Bertz CT molecular complexity index is 1280. The average molecular weight is 499 g/mol. The molecule has 0 fully saturated rings. The molecule has 0 radical (unpaired) electrons. The van der Waals surface area contributed by atoms with E-state index in [9.17, 15) is 14.4 Å². The lowest BCUT2D eigenvalue weighted by molar-refractivity contribution is -0.177. The van der Waals surface area contributed by atoms with E-state index >= 15 is 4.39 Å². The number of hydrogen-bond donors (Lipinski definition) is 0. The van der Waals surface area contributed by atoms with Gasteiger partial charge >= 0.3 is 23.6 Å². The van der Waals surface area contributed by atoms with E-state index in [4.69, 9.17) is 14.2 Å². The van der Waals surface area contributed by atoms with Gasteiger partial charge in [-0.05, 0) is 35.4 Å². The highest BCUT2D eigenvalue weighted by atomic mass is 19.1. The number of esters is 3. The molecule has 0 heterocycles. The van der Waals surface area contributed by atoms with E-state index in [1.54, 1.807) is 91.0 Å². The lowest BCUT2D eigenvalue weighted by Crippen LogP contribution is -2.42. The van der Waals surface area contributed by atoms with Crippen molar-refractivity contribution in [2.45, 2.75) is 18.9 Å². The molecule has 0 saturated heterocycles. The Morgan fingerprint density at radius 2 is 1.03 bits per heavy atom. The van der Waals surface area contributed by atoms with Gasteiger partial charge in [0.1, 0.15) is 19.0 Å². The van der Waals surface area contributed by atoms with Crippen molar-refractivity contribution < 1.29 is 33.0 Å². The van der Waals surface area contributed by atoms with E-state index in [1.165, 1.54) is 24.3 Å². The van der Waals surface area contributed by atoms with E-state index in [0.29, 0.717) is 16.7 Å². The molecule has 37 heavy (non-hydrogen) atoms. The molecule has 7 heteroatoms. The highest BCUT2D eigenvalue weighted by Crippen LogP contribution is 2.32. The predicted octanol–water partition coefficient (Wildman–Crippen LogP) is 5.56. The molecule has 0 N–H and O–H groups in total. The van der Waals surface area contributed by atoms with Gasteiger partial charge in [0.15, 0.2) is 0 Å². The van der Waals surface area contributed by atoms with Crippen molar-refractivity contribution in [3.05, 3.63) is 138 Å². The third-order valence-corrected chi connectivity index (χ3v) is 5.46. The average Bonchev–Trinajstić information content (AvgIpc) is 2.96. The molecule has 4 aromatic rings. The van der Waals surface area contributed by atoms with Crippen LogP contribution in [0.15, 0.2) is 115 Å². The van der Waals surface area contributed by atoms with Gasteiger partial charge in [-0.2, -0.15) is 0 Å². The largest absolute Gasteiger partial charge is 0.458 e. The minimum Gasteiger partial charge on any atom is -0.458 e. The van der Waals surface area contributed by atoms with Gasteiger partial charge in [0.05, 0.1) is 5.56 Å². The molecule has 0 aliphatic carbocycles. The van der Waals surface area contributed by atoms with Gasteiger partial charge in [0.2, 0.25) is 0 Å². The molecule has 4 rings (SSSR count). The van der Waals surface area contributed by atoms with Crippen LogP contribution in [-0.2, 0) is 37.9 Å². The van der Waals surface area contributed by atoms with Crippen molar-refractivity contribution in [3.8, 4) is 5.75 Å². The van der Waals surface area contributed by atoms with E-state index < -0.39 is 23.6 Å². The Hall–Kier alpha value is -4.78. The SMILES string of the molecule is O=C(Oc1ccc(C(F)(C(=O)OCc2ccccc2)C(=O)OCc2ccccc2)cc1)c1ccccc1. The normalized spacial score (nSPS) is 10.8. The van der Waals surface area contributed by atoms with Crippen LogP contribution in [0.2, 0.25) is 0 Å². The first-order chi connectivity index (χ1) is 18.0. The molecular weight excluding hydrogens is 475 g/mol. The van der Waals surface area contributed by atoms with Crippen LogP contribution in [0.3, 0.4) is 0 Å². The van der Waals surface area contributed by atoms with Crippen LogP contribution in [0, 0.1) is 0 Å². The van der Waals surface area contributed by atoms with Crippen LogP contribution < -0.4 is 4.74 Å². The molecule has 0 atom stereocenters. The standard InChI is InChI=1S/C30H23FO6/c31-30(28(33)35-20-22-10-4-1-5-11-22,29(34)36-21-23-12-6-2-7-13-23)25-16-18-26(19-17-25)37-27(32)24-14-8-3-9-15-24/h1-19H,20-21H2. The number of benzene rings is 4. The van der Waals surface area contributed by atoms with E-state index in [1.807, 2.05) is 0 Å². The quantitative estimate of drug-likeness (QED) is 0.171. The van der Waals surface area contributed by atoms with Crippen molar-refractivity contribution in [1.29, 1.82) is 0 Å². The van der Waals surface area contributed by atoms with Gasteiger partial charge < -0.3 is 14.2 Å². The molecular formula is C30H23FO6. The third kappa shape index (κ3) is 6.27. The van der Waals surface area contributed by atoms with Crippen LogP contribution in [0.25, 0.3) is 0 Å². The van der Waals surface area contributed by atoms with E-state index in [-0.39, 0.29) is 24.5 Å². The molecule has 0 spiro atoms. The summed E-state index contributed by atoms with van der Waals surface area (Å²) < 4.78 is 32.0. The Kier molecular flexibility index (Phi) is 8.05. The summed E-state index contributed by atoms with van der Waals surface area (Å²) in [6.45, 7) is -0.464. The first-order valence-corrected chi connectivity index (χ1v) is 11.5. The third-order valence-electron chi connectivity index (χ3n) is 5.46. The Balaban J connectivity index is 1.54. The zero-order valence-electron chi connectivity index (χ0n) is 19.7. The molecule has 186 valence electrons. The number of halogens is 1. The summed E-state index contributed by atoms with van der Waals surface area (Å²) in [7, 11) is 0. The summed E-state index contributed by atoms with van der Waals surface area (Å²) in [4.78, 5) is 38.2. The molecule has 0 aliphatic heterocycles. The number of hydrogen-bond acceptors (Lipinski definition) is 6. The van der Waals surface area contributed by atoms with Crippen molar-refractivity contribution in [1.82, 2.24) is 0 Å². The van der Waals surface area contributed by atoms with Gasteiger partial charge in [-0.3, -0.25) is 0 Å². The van der Waals surface area contributed by atoms with Gasteiger partial charge in [0.25, 0.3) is 0 Å². The van der Waals surface area contributed by atoms with Crippen molar-refractivity contribution in [2.24, 2.45) is 0 Å². The maximum absolute atomic E-state index is 16.3. The highest BCUT2D eigenvalue weighted by Gasteiger charge is 2.52. The topological polar surface area (TPSA) is 78.9 Å². The summed E-state index contributed by atoms with van der Waals surface area (Å²) in [5, 5.41) is 0. The van der Waals surface area contributed by atoms with Gasteiger partial charge in [-0.25, -0.2) is 18.8 Å². The minimum atomic E-state index is -3.24. The zero-order chi connectivity index (χ0) is 26.1. The maximum atomic E-state index is 16.3. The maximum Gasteiger partial charge on any atom is 0.361 e. The fraction of sp³-hybridized carbons (Fsp3) is 0.100. The minimum absolute atomic E-state index is 0.107. The van der Waals surface area contributed by atoms with E-state index in [0.717, 1.165) is 0 Å². The molecule has 0 unspecified atom stereocenters. The van der Waals surface area contributed by atoms with Crippen molar-refractivity contribution >= 4 is 17.9 Å². The number of alkyl halides is 1. The number of carbonyl (C=O) groups excluding carboxylic acids is 3. The number of ether oxygens (including phenoxy) is 3. The zero-order valence-corrected chi connectivity index (χ0v) is 19.7. The van der Waals surface area contributed by atoms with Crippen LogP contribution in [0.5, 0.6) is 5.75 Å². The lowest BCUT2D eigenvalue weighted by atomic mass is 9.95. The smallest absolute Gasteiger partial charge is 0.361 e. The van der Waals surface area contributed by atoms with Crippen LogP contribution >= 0.6 is 0 Å². The van der Waals surface area contributed by atoms with Crippen LogP contribution in [0.1, 0.15) is 27.0 Å². The molecule has 6 nitrogen and oxygen atoms in total. The Morgan fingerprint density at radius 1 is 0.595 bits per heavy atom. The van der Waals surface area contributed by atoms with Crippen molar-refractivity contribution in [3.63, 3.8) is 0 Å². The Morgan fingerprint density at radius 3 is 1.49 bits per heavy atom. The highest BCUT2D eigenvalue weighted by molar-refractivity contribution is 6.04. The summed E-state index contributed by atoms with van der Waals surface area (Å²) in [5.41, 5.74) is -1.98. The summed E-state index contributed by atoms with van der Waals surface area (Å²) in [6.07, 6.45) is 0. The second-order valence-electron chi connectivity index (χ2n) is 8.06. The molecule has 0 bridgehead atoms. The monoisotopic (exact) mass is 498 g/mol. The first-order valence-electron chi connectivity index (χ1n) is 11.5. The summed E-state index contributed by atoms with van der Waals surface area (Å²) >= 11 is 0.